The molecule has 0 aromatic heterocycles. The number of rotatable bonds is 1. The molecule has 0 bridgehead atoms. The summed E-state index contributed by atoms with van der Waals surface area (Å²) >= 11 is 0. The summed E-state index contributed by atoms with van der Waals surface area (Å²) in [6.45, 7) is 12.2. The van der Waals surface area contributed by atoms with E-state index in [4.69, 9.17) is 0 Å². The van der Waals surface area contributed by atoms with Gasteiger partial charge in [-0.25, -0.2) is 0 Å². The summed E-state index contributed by atoms with van der Waals surface area (Å²) in [6.07, 6.45) is 1.49. The summed E-state index contributed by atoms with van der Waals surface area (Å²) in [7, 11) is 0. The number of hydrogen-bond donors (Lipinski definition) is 0. The van der Waals surface area contributed by atoms with E-state index in [9.17, 15) is 0 Å². The van der Waals surface area contributed by atoms with E-state index in [0.717, 1.165) is 35.0 Å². The van der Waals surface area contributed by atoms with Gasteiger partial charge in [0.25, 0.3) is 0 Å². The highest BCUT2D eigenvalue weighted by molar-refractivity contribution is 5.16. The Balaban J connectivity index is 2.19. The second-order valence-electron chi connectivity index (χ2n) is 5.74. The van der Waals surface area contributed by atoms with Crippen LogP contribution in [0.15, 0.2) is 0 Å². The van der Waals surface area contributed by atoms with Crippen LogP contribution in [0.3, 0.4) is 0 Å². The van der Waals surface area contributed by atoms with E-state index in [0.29, 0.717) is 0 Å². The highest BCUT2D eigenvalue weighted by Crippen LogP contribution is 2.73. The average Bonchev–Trinajstić information content (AvgIpc) is 2.34. The topological polar surface area (TPSA) is 0 Å². The second-order valence-corrected chi connectivity index (χ2v) is 5.74. The van der Waals surface area contributed by atoms with Gasteiger partial charge in [0, 0.05) is 0 Å². The summed E-state index contributed by atoms with van der Waals surface area (Å²) in [5.74, 6) is 4.97. The van der Waals surface area contributed by atoms with Crippen molar-refractivity contribution in [3.05, 3.63) is 0 Å². The standard InChI is InChI=1S/C12H22/c1-7(2)10-6-8(3)11-9(4)12(10,11)5/h7-11H,6H2,1-5H3. The monoisotopic (exact) mass is 166 g/mol. The Morgan fingerprint density at radius 1 is 1.25 bits per heavy atom. The van der Waals surface area contributed by atoms with Gasteiger partial charge in [-0.1, -0.05) is 34.6 Å². The van der Waals surface area contributed by atoms with Crippen molar-refractivity contribution in [2.24, 2.45) is 35.0 Å². The molecule has 0 aromatic carbocycles. The van der Waals surface area contributed by atoms with Gasteiger partial charge >= 0.3 is 0 Å². The molecular formula is C12H22. The van der Waals surface area contributed by atoms with Crippen molar-refractivity contribution in [1.82, 2.24) is 0 Å². The number of hydrogen-bond acceptors (Lipinski definition) is 0. The molecular weight excluding hydrogens is 144 g/mol. The van der Waals surface area contributed by atoms with Gasteiger partial charge in [-0.2, -0.15) is 0 Å². The second kappa shape index (κ2) is 2.27. The lowest BCUT2D eigenvalue weighted by Gasteiger charge is -2.25. The summed E-state index contributed by atoms with van der Waals surface area (Å²) in [6, 6.07) is 0. The molecule has 0 aliphatic heterocycles. The van der Waals surface area contributed by atoms with Crippen LogP contribution in [0, 0.1) is 35.0 Å². The Bertz CT molecular complexity index is 190. The molecule has 2 aliphatic rings. The maximum Gasteiger partial charge on any atom is -0.0233 e. The number of fused-ring (bicyclic) bond motifs is 1. The van der Waals surface area contributed by atoms with Crippen LogP contribution in [0.25, 0.3) is 0 Å². The molecule has 0 nitrogen and oxygen atoms in total. The van der Waals surface area contributed by atoms with Crippen LogP contribution >= 0.6 is 0 Å². The summed E-state index contributed by atoms with van der Waals surface area (Å²) in [5.41, 5.74) is 0.730. The summed E-state index contributed by atoms with van der Waals surface area (Å²) in [5, 5.41) is 0. The van der Waals surface area contributed by atoms with E-state index in [2.05, 4.69) is 34.6 Å². The summed E-state index contributed by atoms with van der Waals surface area (Å²) in [4.78, 5) is 0. The SMILES string of the molecule is CC(C)C1CC(C)C2C(C)C12C. The van der Waals surface area contributed by atoms with Crippen LogP contribution in [0.1, 0.15) is 41.0 Å². The molecule has 2 fully saturated rings. The van der Waals surface area contributed by atoms with E-state index in [1.54, 1.807) is 0 Å². The van der Waals surface area contributed by atoms with Crippen molar-refractivity contribution in [2.45, 2.75) is 41.0 Å². The van der Waals surface area contributed by atoms with E-state index >= 15 is 0 Å². The zero-order valence-corrected chi connectivity index (χ0v) is 9.09. The molecule has 0 N–H and O–H groups in total. The maximum atomic E-state index is 2.52. The van der Waals surface area contributed by atoms with Crippen molar-refractivity contribution < 1.29 is 0 Å². The minimum absolute atomic E-state index is 0.730. The lowest BCUT2D eigenvalue weighted by molar-refractivity contribution is 0.238. The fourth-order valence-electron chi connectivity index (χ4n) is 4.28. The molecule has 2 aliphatic carbocycles. The fourth-order valence-corrected chi connectivity index (χ4v) is 4.28. The first-order chi connectivity index (χ1) is 5.49. The van der Waals surface area contributed by atoms with E-state index in [1.165, 1.54) is 6.42 Å². The van der Waals surface area contributed by atoms with Crippen LogP contribution in [-0.2, 0) is 0 Å². The maximum absolute atomic E-state index is 2.52. The van der Waals surface area contributed by atoms with Gasteiger partial charge in [0.15, 0.2) is 0 Å². The van der Waals surface area contributed by atoms with Gasteiger partial charge in [-0.3, -0.25) is 0 Å². The van der Waals surface area contributed by atoms with Crippen LogP contribution in [0.2, 0.25) is 0 Å². The minimum Gasteiger partial charge on any atom is -0.0625 e. The lowest BCUT2D eigenvalue weighted by atomic mass is 9.80. The minimum atomic E-state index is 0.730. The largest absolute Gasteiger partial charge is 0.0625 e. The Kier molecular flexibility index (Phi) is 1.63. The van der Waals surface area contributed by atoms with Crippen LogP contribution < -0.4 is 0 Å². The predicted molar refractivity (Wildman–Crippen MR) is 52.9 cm³/mol. The zero-order valence-electron chi connectivity index (χ0n) is 9.09. The third-order valence-corrected chi connectivity index (χ3v) is 4.97. The first-order valence-corrected chi connectivity index (χ1v) is 5.49. The van der Waals surface area contributed by atoms with Crippen molar-refractivity contribution in [2.75, 3.05) is 0 Å². The first-order valence-electron chi connectivity index (χ1n) is 5.49. The fraction of sp³-hybridized carbons (Fsp3) is 1.00. The summed E-state index contributed by atoms with van der Waals surface area (Å²) < 4.78 is 0. The van der Waals surface area contributed by atoms with Crippen LogP contribution in [0.4, 0.5) is 0 Å². The predicted octanol–water partition coefficient (Wildman–Crippen LogP) is 3.57. The van der Waals surface area contributed by atoms with E-state index in [-0.39, 0.29) is 0 Å². The van der Waals surface area contributed by atoms with E-state index in [1.807, 2.05) is 0 Å². The Hall–Kier alpha value is 0. The van der Waals surface area contributed by atoms with Crippen molar-refractivity contribution in [1.29, 1.82) is 0 Å². The molecule has 0 amide bonds. The highest BCUT2D eigenvalue weighted by Gasteiger charge is 2.68. The Morgan fingerprint density at radius 2 is 1.83 bits per heavy atom. The van der Waals surface area contributed by atoms with Crippen molar-refractivity contribution in [3.8, 4) is 0 Å². The normalized spacial score (nSPS) is 57.5. The zero-order chi connectivity index (χ0) is 9.09. The molecule has 2 rings (SSSR count). The highest BCUT2D eigenvalue weighted by atomic mass is 14.7. The molecule has 70 valence electrons. The third-order valence-electron chi connectivity index (χ3n) is 4.97. The molecule has 5 atom stereocenters. The molecule has 12 heavy (non-hydrogen) atoms. The van der Waals surface area contributed by atoms with Crippen LogP contribution in [0.5, 0.6) is 0 Å². The van der Waals surface area contributed by atoms with Crippen molar-refractivity contribution >= 4 is 0 Å². The molecule has 0 radical (unpaired) electrons. The van der Waals surface area contributed by atoms with Gasteiger partial charge in [0.05, 0.1) is 0 Å². The van der Waals surface area contributed by atoms with Gasteiger partial charge in [0.1, 0.15) is 0 Å². The Morgan fingerprint density at radius 3 is 2.08 bits per heavy atom. The first kappa shape index (κ1) is 8.59. The van der Waals surface area contributed by atoms with Crippen molar-refractivity contribution in [3.63, 3.8) is 0 Å². The molecule has 0 saturated heterocycles. The Labute approximate surface area is 76.7 Å². The average molecular weight is 166 g/mol. The molecule has 0 heteroatoms. The molecule has 0 aromatic rings. The third kappa shape index (κ3) is 0.791. The van der Waals surface area contributed by atoms with Crippen LogP contribution in [-0.4, -0.2) is 0 Å². The van der Waals surface area contributed by atoms with Gasteiger partial charge in [0.2, 0.25) is 0 Å². The van der Waals surface area contributed by atoms with Gasteiger partial charge < -0.3 is 0 Å². The molecule has 0 heterocycles. The lowest BCUT2D eigenvalue weighted by Crippen LogP contribution is -2.18. The molecule has 5 unspecified atom stereocenters. The quantitative estimate of drug-likeness (QED) is 0.558. The van der Waals surface area contributed by atoms with Gasteiger partial charge in [-0.05, 0) is 41.4 Å². The molecule has 2 saturated carbocycles. The molecule has 0 spiro atoms. The van der Waals surface area contributed by atoms with Gasteiger partial charge in [-0.15, -0.1) is 0 Å². The smallest absolute Gasteiger partial charge is 0.0233 e. The van der Waals surface area contributed by atoms with E-state index < -0.39 is 0 Å².